The van der Waals surface area contributed by atoms with Crippen molar-refractivity contribution in [1.29, 1.82) is 0 Å². The Labute approximate surface area is 68.6 Å². The van der Waals surface area contributed by atoms with Crippen molar-refractivity contribution in [3.8, 4) is 0 Å². The summed E-state index contributed by atoms with van der Waals surface area (Å²) in [6.07, 6.45) is 0. The van der Waals surface area contributed by atoms with Gasteiger partial charge in [0.25, 0.3) is 0 Å². The van der Waals surface area contributed by atoms with Gasteiger partial charge in [-0.15, -0.1) is 0 Å². The average molecular weight is 165 g/mol. The molecule has 62 valence electrons. The molecule has 0 amide bonds. The van der Waals surface area contributed by atoms with Gasteiger partial charge < -0.3 is 10.3 Å². The van der Waals surface area contributed by atoms with Crippen LogP contribution in [0.3, 0.4) is 0 Å². The van der Waals surface area contributed by atoms with Crippen LogP contribution in [-0.4, -0.2) is 9.55 Å². The fraction of sp³-hybridized carbons (Fsp3) is 0.125. The minimum absolute atomic E-state index is 0.273. The van der Waals surface area contributed by atoms with Gasteiger partial charge in [0.05, 0.1) is 11.0 Å². The highest BCUT2D eigenvalue weighted by Crippen LogP contribution is 2.16. The minimum Gasteiger partial charge on any atom is -0.369 e. The number of fused-ring (bicyclic) bond motifs is 1. The molecular formula is C8H8FN3. The van der Waals surface area contributed by atoms with Gasteiger partial charge in [0.15, 0.2) is 0 Å². The molecule has 0 bridgehead atoms. The maximum Gasteiger partial charge on any atom is 0.200 e. The third-order valence-electron chi connectivity index (χ3n) is 1.88. The van der Waals surface area contributed by atoms with Crippen LogP contribution in [0.15, 0.2) is 18.2 Å². The Kier molecular flexibility index (Phi) is 1.30. The summed E-state index contributed by atoms with van der Waals surface area (Å²) >= 11 is 0. The van der Waals surface area contributed by atoms with E-state index >= 15 is 0 Å². The average Bonchev–Trinajstić information content (AvgIpc) is 2.31. The summed E-state index contributed by atoms with van der Waals surface area (Å²) < 4.78 is 14.4. The zero-order valence-electron chi connectivity index (χ0n) is 6.58. The van der Waals surface area contributed by atoms with Crippen LogP contribution < -0.4 is 5.73 Å². The third-order valence-corrected chi connectivity index (χ3v) is 1.88. The van der Waals surface area contributed by atoms with E-state index < -0.39 is 0 Å². The molecule has 0 atom stereocenters. The quantitative estimate of drug-likeness (QED) is 0.639. The van der Waals surface area contributed by atoms with Crippen molar-refractivity contribution >= 4 is 17.0 Å². The highest BCUT2D eigenvalue weighted by molar-refractivity contribution is 5.78. The van der Waals surface area contributed by atoms with Crippen molar-refractivity contribution in [3.63, 3.8) is 0 Å². The summed E-state index contributed by atoms with van der Waals surface area (Å²) in [6.45, 7) is 0. The van der Waals surface area contributed by atoms with E-state index in [0.717, 1.165) is 5.52 Å². The lowest BCUT2D eigenvalue weighted by Crippen LogP contribution is -1.96. The maximum atomic E-state index is 12.7. The van der Waals surface area contributed by atoms with Crippen LogP contribution in [0, 0.1) is 5.82 Å². The van der Waals surface area contributed by atoms with Crippen molar-refractivity contribution in [3.05, 3.63) is 24.0 Å². The fourth-order valence-corrected chi connectivity index (χ4v) is 1.18. The molecule has 0 aliphatic heterocycles. The standard InChI is InChI=1S/C8H8FN3/c1-12-7-4-5(9)2-3-6(7)11-8(12)10/h2-4H,1H3,(H2,10,11). The van der Waals surface area contributed by atoms with Crippen LogP contribution in [-0.2, 0) is 7.05 Å². The van der Waals surface area contributed by atoms with E-state index in [0.29, 0.717) is 11.5 Å². The van der Waals surface area contributed by atoms with Crippen LogP contribution >= 0.6 is 0 Å². The van der Waals surface area contributed by atoms with Gasteiger partial charge in [-0.1, -0.05) is 0 Å². The van der Waals surface area contributed by atoms with Gasteiger partial charge in [0.2, 0.25) is 5.95 Å². The first-order chi connectivity index (χ1) is 5.68. The minimum atomic E-state index is -0.273. The van der Waals surface area contributed by atoms with E-state index in [1.165, 1.54) is 12.1 Å². The number of nitrogens with zero attached hydrogens (tertiary/aromatic N) is 2. The predicted molar refractivity (Wildman–Crippen MR) is 45.1 cm³/mol. The summed E-state index contributed by atoms with van der Waals surface area (Å²) in [7, 11) is 1.75. The van der Waals surface area contributed by atoms with Crippen LogP contribution in [0.1, 0.15) is 0 Å². The van der Waals surface area contributed by atoms with Gasteiger partial charge >= 0.3 is 0 Å². The number of nitrogen functional groups attached to an aromatic ring is 1. The molecule has 0 spiro atoms. The van der Waals surface area contributed by atoms with Crippen molar-refractivity contribution in [2.75, 3.05) is 5.73 Å². The van der Waals surface area contributed by atoms with Gasteiger partial charge in [0.1, 0.15) is 5.82 Å². The van der Waals surface area contributed by atoms with Crippen LogP contribution in [0.5, 0.6) is 0 Å². The van der Waals surface area contributed by atoms with Crippen LogP contribution in [0.2, 0.25) is 0 Å². The molecule has 0 saturated carbocycles. The molecule has 2 N–H and O–H groups in total. The molecule has 0 aliphatic rings. The number of imidazole rings is 1. The largest absolute Gasteiger partial charge is 0.369 e. The van der Waals surface area contributed by atoms with Gasteiger partial charge in [-0.25, -0.2) is 9.37 Å². The first kappa shape index (κ1) is 7.09. The topological polar surface area (TPSA) is 43.8 Å². The summed E-state index contributed by atoms with van der Waals surface area (Å²) in [6, 6.07) is 4.40. The highest BCUT2D eigenvalue weighted by atomic mass is 19.1. The van der Waals surface area contributed by atoms with Gasteiger partial charge in [0, 0.05) is 7.05 Å². The number of hydrogen-bond acceptors (Lipinski definition) is 2. The maximum absolute atomic E-state index is 12.7. The van der Waals surface area contributed by atoms with Crippen molar-refractivity contribution in [2.24, 2.45) is 7.05 Å². The number of benzene rings is 1. The molecule has 1 aromatic heterocycles. The fourth-order valence-electron chi connectivity index (χ4n) is 1.18. The van der Waals surface area contributed by atoms with Crippen LogP contribution in [0.25, 0.3) is 11.0 Å². The van der Waals surface area contributed by atoms with Gasteiger partial charge in [-0.3, -0.25) is 0 Å². The molecule has 0 unspecified atom stereocenters. The normalized spacial score (nSPS) is 10.8. The first-order valence-corrected chi connectivity index (χ1v) is 3.56. The Morgan fingerprint density at radius 3 is 3.00 bits per heavy atom. The summed E-state index contributed by atoms with van der Waals surface area (Å²) in [5.74, 6) is 0.126. The molecule has 2 rings (SSSR count). The molecule has 4 heteroatoms. The second kappa shape index (κ2) is 2.20. The van der Waals surface area contributed by atoms with Crippen molar-refractivity contribution < 1.29 is 4.39 Å². The summed E-state index contributed by atoms with van der Waals surface area (Å²) in [4.78, 5) is 4.03. The van der Waals surface area contributed by atoms with E-state index in [1.807, 2.05) is 0 Å². The Morgan fingerprint density at radius 1 is 1.50 bits per heavy atom. The predicted octanol–water partition coefficient (Wildman–Crippen LogP) is 1.29. The van der Waals surface area contributed by atoms with Gasteiger partial charge in [-0.2, -0.15) is 0 Å². The monoisotopic (exact) mass is 165 g/mol. The molecule has 1 aromatic carbocycles. The molecule has 0 saturated heterocycles. The van der Waals surface area contributed by atoms with Crippen molar-refractivity contribution in [1.82, 2.24) is 9.55 Å². The van der Waals surface area contributed by atoms with E-state index in [9.17, 15) is 4.39 Å². The number of aromatic nitrogens is 2. The van der Waals surface area contributed by atoms with E-state index in [-0.39, 0.29) is 5.82 Å². The molecule has 3 nitrogen and oxygen atoms in total. The lowest BCUT2D eigenvalue weighted by atomic mass is 10.3. The number of halogens is 1. The lowest BCUT2D eigenvalue weighted by Gasteiger charge is -1.94. The molecule has 0 aliphatic carbocycles. The third kappa shape index (κ3) is 0.845. The number of nitrogens with two attached hydrogens (primary N) is 1. The van der Waals surface area contributed by atoms with Gasteiger partial charge in [-0.05, 0) is 18.2 Å². The SMILES string of the molecule is Cn1c(N)nc2ccc(F)cc21. The smallest absolute Gasteiger partial charge is 0.200 e. The molecule has 0 radical (unpaired) electrons. The Morgan fingerprint density at radius 2 is 2.25 bits per heavy atom. The Balaban J connectivity index is 2.88. The second-order valence-electron chi connectivity index (χ2n) is 2.66. The highest BCUT2D eigenvalue weighted by Gasteiger charge is 2.04. The zero-order valence-corrected chi connectivity index (χ0v) is 6.58. The van der Waals surface area contributed by atoms with E-state index in [4.69, 9.17) is 5.73 Å². The van der Waals surface area contributed by atoms with E-state index in [1.54, 1.807) is 17.7 Å². The number of anilines is 1. The van der Waals surface area contributed by atoms with Crippen LogP contribution in [0.4, 0.5) is 10.3 Å². The Hall–Kier alpha value is -1.58. The number of aryl methyl sites for hydroxylation is 1. The van der Waals surface area contributed by atoms with Crippen molar-refractivity contribution in [2.45, 2.75) is 0 Å². The zero-order chi connectivity index (χ0) is 8.72. The molecular weight excluding hydrogens is 157 g/mol. The summed E-state index contributed by atoms with van der Waals surface area (Å²) in [5.41, 5.74) is 6.97. The second-order valence-corrected chi connectivity index (χ2v) is 2.66. The summed E-state index contributed by atoms with van der Waals surface area (Å²) in [5, 5.41) is 0. The lowest BCUT2D eigenvalue weighted by molar-refractivity contribution is 0.629. The molecule has 2 aromatic rings. The molecule has 0 fully saturated rings. The number of hydrogen-bond donors (Lipinski definition) is 1. The number of rotatable bonds is 0. The molecule has 12 heavy (non-hydrogen) atoms. The first-order valence-electron chi connectivity index (χ1n) is 3.56. The Bertz CT molecular complexity index is 433. The molecule has 1 heterocycles. The van der Waals surface area contributed by atoms with E-state index in [2.05, 4.69) is 4.98 Å².